The third kappa shape index (κ3) is 4.03. The summed E-state index contributed by atoms with van der Waals surface area (Å²) in [4.78, 5) is 27.9. The number of nitrogens with zero attached hydrogens (tertiary/aromatic N) is 5. The maximum atomic E-state index is 12.8. The highest BCUT2D eigenvalue weighted by molar-refractivity contribution is 5.93. The average Bonchev–Trinajstić information content (AvgIpc) is 2.74. The Labute approximate surface area is 159 Å². The fourth-order valence-electron chi connectivity index (χ4n) is 3.53. The summed E-state index contributed by atoms with van der Waals surface area (Å²) in [5, 5.41) is 0. The molecule has 0 spiro atoms. The summed E-state index contributed by atoms with van der Waals surface area (Å²) < 4.78 is 5.35. The van der Waals surface area contributed by atoms with Crippen LogP contribution in [0.4, 0.5) is 11.6 Å². The summed E-state index contributed by atoms with van der Waals surface area (Å²) in [5.41, 5.74) is 3.03. The molecule has 7 nitrogen and oxygen atoms in total. The molecule has 7 heteroatoms. The lowest BCUT2D eigenvalue weighted by atomic mass is 10.2. The fraction of sp³-hybridized carbons (Fsp3) is 0.450. The third-order valence-corrected chi connectivity index (χ3v) is 5.11. The maximum Gasteiger partial charge on any atom is 0.257 e. The van der Waals surface area contributed by atoms with E-state index in [9.17, 15) is 4.79 Å². The monoisotopic (exact) mass is 367 g/mol. The van der Waals surface area contributed by atoms with Crippen molar-refractivity contribution in [3.05, 3.63) is 47.8 Å². The van der Waals surface area contributed by atoms with Gasteiger partial charge in [-0.25, -0.2) is 9.97 Å². The molecule has 0 bridgehead atoms. The minimum absolute atomic E-state index is 0.00687. The highest BCUT2D eigenvalue weighted by atomic mass is 16.5. The van der Waals surface area contributed by atoms with Crippen LogP contribution in [0.5, 0.6) is 0 Å². The van der Waals surface area contributed by atoms with E-state index in [0.717, 1.165) is 26.2 Å². The van der Waals surface area contributed by atoms with Gasteiger partial charge in [-0.2, -0.15) is 0 Å². The van der Waals surface area contributed by atoms with E-state index in [1.807, 2.05) is 4.90 Å². The smallest absolute Gasteiger partial charge is 0.257 e. The molecule has 0 saturated carbocycles. The van der Waals surface area contributed by atoms with Gasteiger partial charge in [-0.05, 0) is 24.6 Å². The molecule has 2 aliphatic rings. The summed E-state index contributed by atoms with van der Waals surface area (Å²) in [5.74, 6) is 0.673. The largest absolute Gasteiger partial charge is 0.378 e. The summed E-state index contributed by atoms with van der Waals surface area (Å²) in [6.07, 6.45) is 3.29. The number of aryl methyl sites for hydroxylation is 1. The van der Waals surface area contributed by atoms with Crippen LogP contribution in [0.15, 0.2) is 36.7 Å². The minimum Gasteiger partial charge on any atom is -0.378 e. The van der Waals surface area contributed by atoms with Crippen LogP contribution in [0.1, 0.15) is 15.9 Å². The van der Waals surface area contributed by atoms with Crippen LogP contribution in [0.3, 0.4) is 0 Å². The van der Waals surface area contributed by atoms with E-state index in [1.165, 1.54) is 11.3 Å². The summed E-state index contributed by atoms with van der Waals surface area (Å²) in [6, 6.07) is 8.50. The van der Waals surface area contributed by atoms with Gasteiger partial charge in [0.25, 0.3) is 5.91 Å². The molecule has 0 N–H and O–H groups in total. The van der Waals surface area contributed by atoms with Crippen LogP contribution in [-0.4, -0.2) is 73.3 Å². The molecule has 2 aromatic rings. The average molecular weight is 367 g/mol. The molecular weight excluding hydrogens is 342 g/mol. The molecule has 27 heavy (non-hydrogen) atoms. The van der Waals surface area contributed by atoms with Crippen LogP contribution in [0.2, 0.25) is 0 Å². The molecule has 2 aliphatic heterocycles. The second-order valence-corrected chi connectivity index (χ2v) is 6.99. The first kappa shape index (κ1) is 17.7. The first-order valence-electron chi connectivity index (χ1n) is 9.46. The van der Waals surface area contributed by atoms with Crippen molar-refractivity contribution in [1.82, 2.24) is 14.9 Å². The van der Waals surface area contributed by atoms with Gasteiger partial charge in [0.15, 0.2) is 0 Å². The molecule has 1 aromatic carbocycles. The summed E-state index contributed by atoms with van der Waals surface area (Å²) in [6.45, 7) is 8.14. The van der Waals surface area contributed by atoms with Gasteiger partial charge in [-0.3, -0.25) is 4.79 Å². The molecule has 4 rings (SSSR count). The topological polar surface area (TPSA) is 61.8 Å². The van der Waals surface area contributed by atoms with E-state index < -0.39 is 0 Å². The molecule has 142 valence electrons. The molecule has 2 saturated heterocycles. The Kier molecular flexibility index (Phi) is 5.20. The number of carbonyl (C=O) groups excluding carboxylic acids is 1. The number of hydrogen-bond acceptors (Lipinski definition) is 6. The Morgan fingerprint density at radius 2 is 1.67 bits per heavy atom. The zero-order chi connectivity index (χ0) is 18.6. The fourth-order valence-corrected chi connectivity index (χ4v) is 3.53. The normalized spacial score (nSPS) is 17.9. The van der Waals surface area contributed by atoms with Gasteiger partial charge in [-0.1, -0.05) is 12.1 Å². The van der Waals surface area contributed by atoms with Crippen molar-refractivity contribution in [2.75, 3.05) is 62.3 Å². The summed E-state index contributed by atoms with van der Waals surface area (Å²) in [7, 11) is 0. The van der Waals surface area contributed by atoms with Crippen molar-refractivity contribution in [2.24, 2.45) is 0 Å². The number of rotatable bonds is 3. The van der Waals surface area contributed by atoms with Crippen molar-refractivity contribution >= 4 is 17.5 Å². The summed E-state index contributed by atoms with van der Waals surface area (Å²) >= 11 is 0. The number of aromatic nitrogens is 2. The molecule has 3 heterocycles. The standard InChI is InChI=1S/C20H25N5O2/c1-16-3-2-4-18(13-16)23-5-7-24(8-6-23)19(26)17-14-21-20(22-15-17)25-9-11-27-12-10-25/h2-4,13-15H,5-12H2,1H3. The van der Waals surface area contributed by atoms with Crippen molar-refractivity contribution in [3.63, 3.8) is 0 Å². The second-order valence-electron chi connectivity index (χ2n) is 6.99. The van der Waals surface area contributed by atoms with E-state index in [4.69, 9.17) is 4.74 Å². The van der Waals surface area contributed by atoms with Crippen LogP contribution in [0.25, 0.3) is 0 Å². The zero-order valence-electron chi connectivity index (χ0n) is 15.7. The SMILES string of the molecule is Cc1cccc(N2CCN(C(=O)c3cnc(N4CCOCC4)nc3)CC2)c1. The number of piperazine rings is 1. The van der Waals surface area contributed by atoms with Crippen LogP contribution in [-0.2, 0) is 4.74 Å². The Morgan fingerprint density at radius 3 is 2.33 bits per heavy atom. The molecule has 0 radical (unpaired) electrons. The van der Waals surface area contributed by atoms with Gasteiger partial charge < -0.3 is 19.4 Å². The maximum absolute atomic E-state index is 12.8. The molecule has 1 aromatic heterocycles. The van der Waals surface area contributed by atoms with Crippen LogP contribution in [0, 0.1) is 6.92 Å². The second kappa shape index (κ2) is 7.92. The molecule has 0 unspecified atom stereocenters. The predicted octanol–water partition coefficient (Wildman–Crippen LogP) is 1.58. The van der Waals surface area contributed by atoms with Gasteiger partial charge in [-0.15, -0.1) is 0 Å². The van der Waals surface area contributed by atoms with Gasteiger partial charge in [0.2, 0.25) is 5.95 Å². The molecule has 0 atom stereocenters. The van der Waals surface area contributed by atoms with Crippen molar-refractivity contribution in [1.29, 1.82) is 0 Å². The van der Waals surface area contributed by atoms with E-state index in [0.29, 0.717) is 37.8 Å². The number of morpholine rings is 1. The molecular formula is C20H25N5O2. The highest BCUT2D eigenvalue weighted by Crippen LogP contribution is 2.19. The number of amides is 1. The predicted molar refractivity (Wildman–Crippen MR) is 104 cm³/mol. The molecule has 0 aliphatic carbocycles. The highest BCUT2D eigenvalue weighted by Gasteiger charge is 2.23. The number of hydrogen-bond donors (Lipinski definition) is 0. The minimum atomic E-state index is 0.00687. The quantitative estimate of drug-likeness (QED) is 0.821. The first-order valence-corrected chi connectivity index (χ1v) is 9.46. The number of ether oxygens (including phenoxy) is 1. The van der Waals surface area contributed by atoms with E-state index in [2.05, 4.69) is 51.0 Å². The van der Waals surface area contributed by atoms with Crippen molar-refractivity contribution < 1.29 is 9.53 Å². The number of carbonyl (C=O) groups is 1. The number of benzene rings is 1. The Balaban J connectivity index is 1.36. The molecule has 2 fully saturated rings. The lowest BCUT2D eigenvalue weighted by Crippen LogP contribution is -2.48. The Hall–Kier alpha value is -2.67. The van der Waals surface area contributed by atoms with Gasteiger partial charge in [0.1, 0.15) is 0 Å². The van der Waals surface area contributed by atoms with E-state index in [-0.39, 0.29) is 5.91 Å². The Bertz CT molecular complexity index is 781. The van der Waals surface area contributed by atoms with E-state index >= 15 is 0 Å². The van der Waals surface area contributed by atoms with E-state index in [1.54, 1.807) is 12.4 Å². The van der Waals surface area contributed by atoms with Gasteiger partial charge in [0.05, 0.1) is 18.8 Å². The Morgan fingerprint density at radius 1 is 0.963 bits per heavy atom. The lowest BCUT2D eigenvalue weighted by Gasteiger charge is -2.36. The first-order chi connectivity index (χ1) is 13.2. The third-order valence-electron chi connectivity index (χ3n) is 5.11. The van der Waals surface area contributed by atoms with Gasteiger partial charge in [0, 0.05) is 57.3 Å². The van der Waals surface area contributed by atoms with Gasteiger partial charge >= 0.3 is 0 Å². The lowest BCUT2D eigenvalue weighted by molar-refractivity contribution is 0.0746. The molecule has 1 amide bonds. The van der Waals surface area contributed by atoms with Crippen molar-refractivity contribution in [2.45, 2.75) is 6.92 Å². The van der Waals surface area contributed by atoms with Crippen LogP contribution >= 0.6 is 0 Å². The number of anilines is 2. The van der Waals surface area contributed by atoms with Crippen LogP contribution < -0.4 is 9.80 Å². The zero-order valence-corrected chi connectivity index (χ0v) is 15.7. The van der Waals surface area contributed by atoms with Crippen molar-refractivity contribution in [3.8, 4) is 0 Å².